The van der Waals surface area contributed by atoms with E-state index in [0.717, 1.165) is 9.01 Å². The molecule has 0 N–H and O–H groups in total. The molecule has 2 aromatic carbocycles. The van der Waals surface area contributed by atoms with Crippen LogP contribution in [0, 0.1) is 22.7 Å². The molecule has 11 nitrogen and oxygen atoms in total. The number of thiazole rings is 1. The Kier molecular flexibility index (Phi) is 9.73. The lowest BCUT2D eigenvalue weighted by molar-refractivity contribution is -0.141. The molecule has 3 aromatic rings. The number of nitriles is 2. The monoisotopic (exact) mass is 555 g/mol. The lowest BCUT2D eigenvalue weighted by Crippen LogP contribution is -2.32. The zero-order valence-corrected chi connectivity index (χ0v) is 22.4. The summed E-state index contributed by atoms with van der Waals surface area (Å²) in [7, 11) is -2.70. The van der Waals surface area contributed by atoms with Crippen LogP contribution in [0.15, 0.2) is 52.4 Å². The van der Waals surface area contributed by atoms with Crippen molar-refractivity contribution in [1.82, 2.24) is 8.87 Å². The Morgan fingerprint density at radius 2 is 1.74 bits per heavy atom. The van der Waals surface area contributed by atoms with Crippen molar-refractivity contribution >= 4 is 43.5 Å². The van der Waals surface area contributed by atoms with E-state index in [-0.39, 0.29) is 47.7 Å². The minimum absolute atomic E-state index is 0.0209. The molecule has 0 aliphatic rings. The quantitative estimate of drug-likeness (QED) is 0.327. The number of carbonyl (C=O) groups excluding carboxylic acids is 2. The summed E-state index contributed by atoms with van der Waals surface area (Å²) in [5, 5.41) is 17.7. The van der Waals surface area contributed by atoms with Gasteiger partial charge in [0.2, 0.25) is 10.0 Å². The molecule has 1 aromatic heterocycles. The number of hydrogen-bond donors (Lipinski definition) is 0. The Hall–Kier alpha value is -4.04. The number of amides is 1. The number of sulfonamides is 1. The van der Waals surface area contributed by atoms with Gasteiger partial charge in [0.1, 0.15) is 12.3 Å². The van der Waals surface area contributed by atoms with Gasteiger partial charge in [-0.05, 0) is 49.4 Å². The summed E-state index contributed by atoms with van der Waals surface area (Å²) >= 11 is 1.20. The molecule has 0 unspecified atom stereocenters. The van der Waals surface area contributed by atoms with Crippen LogP contribution < -0.4 is 9.54 Å². The van der Waals surface area contributed by atoms with Gasteiger partial charge in [0.05, 0.1) is 41.0 Å². The number of aromatic nitrogens is 1. The first-order valence-electron chi connectivity index (χ1n) is 11.5. The van der Waals surface area contributed by atoms with Crippen LogP contribution in [0.5, 0.6) is 5.75 Å². The Bertz CT molecular complexity index is 1560. The summed E-state index contributed by atoms with van der Waals surface area (Å²) in [5.74, 6) is -0.505. The molecule has 1 heterocycles. The molecule has 0 aliphatic carbocycles. The van der Waals surface area contributed by atoms with Gasteiger partial charge >= 0.3 is 5.97 Å². The Morgan fingerprint density at radius 3 is 2.32 bits per heavy atom. The van der Waals surface area contributed by atoms with Crippen molar-refractivity contribution in [3.05, 3.63) is 52.8 Å². The normalized spacial score (nSPS) is 11.8. The van der Waals surface area contributed by atoms with Crippen LogP contribution in [0.4, 0.5) is 0 Å². The second-order valence-corrected chi connectivity index (χ2v) is 10.7. The highest BCUT2D eigenvalue weighted by atomic mass is 32.2. The fraction of sp³-hybridized carbons (Fsp3) is 0.320. The Labute approximate surface area is 223 Å². The van der Waals surface area contributed by atoms with Crippen molar-refractivity contribution in [2.45, 2.75) is 31.2 Å². The summed E-state index contributed by atoms with van der Waals surface area (Å²) in [5.41, 5.74) is 0.813. The van der Waals surface area contributed by atoms with Gasteiger partial charge in [0.15, 0.2) is 4.80 Å². The molecule has 0 spiro atoms. The van der Waals surface area contributed by atoms with E-state index in [1.807, 2.05) is 19.1 Å². The highest BCUT2D eigenvalue weighted by molar-refractivity contribution is 7.89. The predicted octanol–water partition coefficient (Wildman–Crippen LogP) is 2.83. The summed E-state index contributed by atoms with van der Waals surface area (Å²) in [4.78, 5) is 29.4. The minimum atomic E-state index is -3.97. The van der Waals surface area contributed by atoms with E-state index in [9.17, 15) is 18.0 Å². The van der Waals surface area contributed by atoms with Crippen LogP contribution in [0.1, 0.15) is 30.1 Å². The van der Waals surface area contributed by atoms with Gasteiger partial charge in [-0.1, -0.05) is 11.3 Å². The van der Waals surface area contributed by atoms with Crippen LogP contribution in [0.3, 0.4) is 0 Å². The summed E-state index contributed by atoms with van der Waals surface area (Å²) in [6.45, 7) is 2.09. The molecule has 0 saturated heterocycles. The van der Waals surface area contributed by atoms with Crippen molar-refractivity contribution in [3.63, 3.8) is 0 Å². The van der Waals surface area contributed by atoms with Gasteiger partial charge in [-0.15, -0.1) is 0 Å². The van der Waals surface area contributed by atoms with E-state index in [1.54, 1.807) is 22.8 Å². The fourth-order valence-electron chi connectivity index (χ4n) is 3.51. The first kappa shape index (κ1) is 28.5. The molecule has 1 amide bonds. The van der Waals surface area contributed by atoms with E-state index in [4.69, 9.17) is 20.0 Å². The predicted molar refractivity (Wildman–Crippen MR) is 139 cm³/mol. The third-order valence-corrected chi connectivity index (χ3v) is 8.32. The molecule has 0 radical (unpaired) electrons. The number of fused-ring (bicyclic) bond motifs is 1. The molecule has 3 rings (SSSR count). The zero-order valence-electron chi connectivity index (χ0n) is 20.8. The highest BCUT2D eigenvalue weighted by Gasteiger charge is 2.24. The molecule has 13 heteroatoms. The summed E-state index contributed by atoms with van der Waals surface area (Å²) < 4.78 is 39.7. The number of esters is 1. The van der Waals surface area contributed by atoms with Gasteiger partial charge in [-0.2, -0.15) is 19.8 Å². The average Bonchev–Trinajstić information content (AvgIpc) is 3.24. The number of ether oxygens (including phenoxy) is 2. The smallest absolute Gasteiger partial charge is 0.325 e. The van der Waals surface area contributed by atoms with E-state index in [0.29, 0.717) is 17.9 Å². The SMILES string of the molecule is CCOc1ccc2c(c1)sc(=NC(=O)c1ccc(S(=O)(=O)N(CCC#N)CCC#N)cc1)n2CC(=O)OC. The Morgan fingerprint density at radius 1 is 1.08 bits per heavy atom. The van der Waals surface area contributed by atoms with E-state index >= 15 is 0 Å². The van der Waals surface area contributed by atoms with E-state index < -0.39 is 21.9 Å². The molecule has 0 saturated carbocycles. The first-order valence-corrected chi connectivity index (χ1v) is 13.8. The van der Waals surface area contributed by atoms with Crippen molar-refractivity contribution < 1.29 is 27.5 Å². The maximum absolute atomic E-state index is 13.0. The van der Waals surface area contributed by atoms with Crippen molar-refractivity contribution in [2.75, 3.05) is 26.8 Å². The van der Waals surface area contributed by atoms with Gasteiger partial charge in [-0.25, -0.2) is 8.42 Å². The second kappa shape index (κ2) is 13.0. The van der Waals surface area contributed by atoms with Crippen molar-refractivity contribution in [3.8, 4) is 17.9 Å². The Balaban J connectivity index is 1.96. The largest absolute Gasteiger partial charge is 0.494 e. The van der Waals surface area contributed by atoms with E-state index in [2.05, 4.69) is 4.99 Å². The van der Waals surface area contributed by atoms with Crippen LogP contribution in [-0.4, -0.2) is 56.0 Å². The number of methoxy groups -OCH3 is 1. The molecule has 0 bridgehead atoms. The van der Waals surface area contributed by atoms with Gasteiger partial charge in [0.25, 0.3) is 5.91 Å². The molecule has 0 fully saturated rings. The number of nitrogens with zero attached hydrogens (tertiary/aromatic N) is 5. The van der Waals surface area contributed by atoms with Gasteiger partial charge in [0, 0.05) is 31.5 Å². The molecule has 0 atom stereocenters. The molecule has 0 aliphatic heterocycles. The molecule has 198 valence electrons. The maximum atomic E-state index is 13.0. The first-order chi connectivity index (χ1) is 18.2. The standard InChI is InChI=1S/C25H25N5O6S2/c1-3-36-19-8-11-21-22(16-19)37-25(30(21)17-23(31)35-2)28-24(32)18-6-9-20(10-7-18)38(33,34)29(14-4-12-26)15-5-13-27/h6-11,16H,3-5,14-15,17H2,1-2H3. The number of benzene rings is 2. The number of carbonyl (C=O) groups is 2. The number of hydrogen-bond acceptors (Lipinski definition) is 9. The van der Waals surface area contributed by atoms with Crippen LogP contribution >= 0.6 is 11.3 Å². The zero-order chi connectivity index (χ0) is 27.7. The topological polar surface area (TPSA) is 155 Å². The van der Waals surface area contributed by atoms with Crippen molar-refractivity contribution in [2.24, 2.45) is 4.99 Å². The minimum Gasteiger partial charge on any atom is -0.494 e. The van der Waals surface area contributed by atoms with Crippen LogP contribution in [0.2, 0.25) is 0 Å². The third-order valence-electron chi connectivity index (χ3n) is 5.36. The summed E-state index contributed by atoms with van der Waals surface area (Å²) in [6.07, 6.45) is -0.0418. The van der Waals surface area contributed by atoms with Crippen molar-refractivity contribution in [1.29, 1.82) is 10.5 Å². The summed E-state index contributed by atoms with van der Waals surface area (Å²) in [6, 6.07) is 14.4. The molecular weight excluding hydrogens is 530 g/mol. The third kappa shape index (κ3) is 6.63. The molecular formula is C25H25N5O6S2. The van der Waals surface area contributed by atoms with Gasteiger partial charge in [-0.3, -0.25) is 9.59 Å². The van der Waals surface area contributed by atoms with E-state index in [1.165, 1.54) is 42.7 Å². The van der Waals surface area contributed by atoms with Gasteiger partial charge < -0.3 is 14.0 Å². The van der Waals surface area contributed by atoms with Crippen LogP contribution in [0.25, 0.3) is 10.2 Å². The van der Waals surface area contributed by atoms with Crippen LogP contribution in [-0.2, 0) is 26.1 Å². The number of rotatable bonds is 11. The fourth-order valence-corrected chi connectivity index (χ4v) is 6.01. The highest BCUT2D eigenvalue weighted by Crippen LogP contribution is 2.24. The maximum Gasteiger partial charge on any atom is 0.325 e. The lowest BCUT2D eigenvalue weighted by Gasteiger charge is -2.20. The second-order valence-electron chi connectivity index (χ2n) is 7.77. The lowest BCUT2D eigenvalue weighted by atomic mass is 10.2. The molecule has 38 heavy (non-hydrogen) atoms. The average molecular weight is 556 g/mol.